The summed E-state index contributed by atoms with van der Waals surface area (Å²) in [6, 6.07) is 0. The number of carbonyl (C=O) groups excluding carboxylic acids is 2. The van der Waals surface area contributed by atoms with Crippen molar-refractivity contribution in [2.24, 2.45) is 58.2 Å². The van der Waals surface area contributed by atoms with Crippen molar-refractivity contribution < 1.29 is 73.4 Å². The monoisotopic (exact) mass is 822 g/mol. The molecule has 7 rings (SSSR count). The zero-order valence-corrected chi connectivity index (χ0v) is 34.5. The molecule has 15 heteroatoms. The van der Waals surface area contributed by atoms with Crippen LogP contribution in [0.25, 0.3) is 0 Å². The number of hydrogen-bond acceptors (Lipinski definition) is 14. The van der Waals surface area contributed by atoms with Gasteiger partial charge < -0.3 is 59.1 Å². The normalized spacial score (nSPS) is 49.3. The van der Waals surface area contributed by atoms with Gasteiger partial charge in [0.25, 0.3) is 0 Å². The van der Waals surface area contributed by atoms with Crippen LogP contribution in [-0.2, 0) is 42.8 Å². The fourth-order valence-corrected chi connectivity index (χ4v) is 12.6. The molecule has 2 aliphatic heterocycles. The van der Waals surface area contributed by atoms with E-state index in [1.54, 1.807) is 0 Å². The van der Waals surface area contributed by atoms with Crippen LogP contribution >= 0.6 is 0 Å². The molecule has 0 aromatic heterocycles. The van der Waals surface area contributed by atoms with Crippen LogP contribution in [0.2, 0.25) is 0 Å². The number of ether oxygens (including phenoxy) is 6. The number of carboxylic acids is 1. The molecule has 0 amide bonds. The molecule has 5 aliphatic carbocycles. The summed E-state index contributed by atoms with van der Waals surface area (Å²) in [5, 5.41) is 64.5. The highest BCUT2D eigenvalue weighted by molar-refractivity contribution is 5.76. The molecule has 21 atom stereocenters. The van der Waals surface area contributed by atoms with E-state index < -0.39 is 97.9 Å². The van der Waals surface area contributed by atoms with E-state index in [0.29, 0.717) is 42.9 Å². The smallest absolute Gasteiger partial charge is 0.310 e. The maximum absolute atomic E-state index is 13.4. The molecule has 7 fully saturated rings. The van der Waals surface area contributed by atoms with Crippen molar-refractivity contribution in [2.75, 3.05) is 13.2 Å². The SMILES string of the molecule is CC(=O)OC[C@H]1O[C@@H](O[C@H]2[C@@H](O)[C@@H](CO)O[C@@H](O[C@H]3CC[C@@]4(C)[C@@H](CC[C@@H]5[C@@H]4CC[C@]4(C(=O)O)[C@@H]([C@H](C)/C=C/[C@H]6C[C@@H]6C)CC[C@@H]54)C3)[C@@H]2OC(C)=O)[C@H](O)[C@@H](O)[C@@H]1O. The van der Waals surface area contributed by atoms with Crippen molar-refractivity contribution in [1.29, 1.82) is 0 Å². The van der Waals surface area contributed by atoms with Gasteiger partial charge in [-0.15, -0.1) is 0 Å². The molecule has 58 heavy (non-hydrogen) atoms. The minimum Gasteiger partial charge on any atom is -0.481 e. The van der Waals surface area contributed by atoms with Crippen LogP contribution in [0, 0.1) is 58.2 Å². The van der Waals surface area contributed by atoms with Crippen LogP contribution in [0.5, 0.6) is 0 Å². The van der Waals surface area contributed by atoms with Gasteiger partial charge in [0.15, 0.2) is 18.7 Å². The molecular weight excluding hydrogens is 756 g/mol. The molecule has 5 saturated carbocycles. The number of aliphatic carboxylic acids is 1. The Hall–Kier alpha value is -2.21. The molecule has 0 spiro atoms. The van der Waals surface area contributed by atoms with Gasteiger partial charge in [-0.2, -0.15) is 0 Å². The lowest BCUT2D eigenvalue weighted by Crippen LogP contribution is -2.65. The molecule has 0 radical (unpaired) electrons. The molecule has 0 aromatic carbocycles. The first-order valence-electron chi connectivity index (χ1n) is 21.7. The number of carbonyl (C=O) groups is 3. The summed E-state index contributed by atoms with van der Waals surface area (Å²) in [7, 11) is 0. The average molecular weight is 823 g/mol. The largest absolute Gasteiger partial charge is 0.481 e. The van der Waals surface area contributed by atoms with E-state index in [4.69, 9.17) is 28.4 Å². The second-order valence-electron chi connectivity index (χ2n) is 19.1. The van der Waals surface area contributed by atoms with Crippen LogP contribution in [0.4, 0.5) is 0 Å². The van der Waals surface area contributed by atoms with Crippen LogP contribution < -0.4 is 0 Å². The highest BCUT2D eigenvalue weighted by atomic mass is 16.8. The highest BCUT2D eigenvalue weighted by Gasteiger charge is 2.65. The zero-order chi connectivity index (χ0) is 41.8. The van der Waals surface area contributed by atoms with Crippen LogP contribution in [0.15, 0.2) is 12.2 Å². The van der Waals surface area contributed by atoms with Gasteiger partial charge in [-0.3, -0.25) is 14.4 Å². The van der Waals surface area contributed by atoms with Crippen LogP contribution in [0.1, 0.15) is 98.8 Å². The van der Waals surface area contributed by atoms with Crippen molar-refractivity contribution in [3.63, 3.8) is 0 Å². The van der Waals surface area contributed by atoms with E-state index in [1.807, 2.05) is 0 Å². The molecular formula is C43H66O15. The lowest BCUT2D eigenvalue weighted by atomic mass is 9.44. The number of aliphatic hydroxyl groups is 5. The van der Waals surface area contributed by atoms with E-state index in [9.17, 15) is 45.0 Å². The fraction of sp³-hybridized carbons (Fsp3) is 0.884. The summed E-state index contributed by atoms with van der Waals surface area (Å²) in [6.07, 6.45) is -2.14. The lowest BCUT2D eigenvalue weighted by Gasteiger charge is -2.61. The molecule has 2 heterocycles. The summed E-state index contributed by atoms with van der Waals surface area (Å²) in [5.74, 6) is 0.885. The number of hydrogen-bond donors (Lipinski definition) is 6. The molecule has 6 N–H and O–H groups in total. The Morgan fingerprint density at radius 1 is 0.810 bits per heavy atom. The van der Waals surface area contributed by atoms with Crippen molar-refractivity contribution in [3.8, 4) is 0 Å². The zero-order valence-electron chi connectivity index (χ0n) is 34.5. The van der Waals surface area contributed by atoms with E-state index in [1.165, 1.54) is 13.3 Å². The maximum atomic E-state index is 13.4. The second kappa shape index (κ2) is 17.3. The van der Waals surface area contributed by atoms with Gasteiger partial charge in [-0.25, -0.2) is 0 Å². The third-order valence-electron chi connectivity index (χ3n) is 15.9. The Bertz CT molecular complexity index is 1520. The number of aliphatic hydroxyl groups excluding tert-OH is 5. The van der Waals surface area contributed by atoms with Gasteiger partial charge in [0, 0.05) is 13.8 Å². The second-order valence-corrected chi connectivity index (χ2v) is 19.1. The van der Waals surface area contributed by atoms with Crippen molar-refractivity contribution in [2.45, 2.75) is 166 Å². The van der Waals surface area contributed by atoms with Gasteiger partial charge in [0.1, 0.15) is 49.3 Å². The van der Waals surface area contributed by atoms with Crippen molar-refractivity contribution in [3.05, 3.63) is 12.2 Å². The summed E-state index contributed by atoms with van der Waals surface area (Å²) in [6.45, 7) is 8.08. The van der Waals surface area contributed by atoms with Gasteiger partial charge >= 0.3 is 17.9 Å². The fourth-order valence-electron chi connectivity index (χ4n) is 12.6. The molecule has 328 valence electrons. The number of rotatable bonds is 12. The predicted octanol–water partition coefficient (Wildman–Crippen LogP) is 2.71. The molecule has 0 bridgehead atoms. The Morgan fingerprint density at radius 3 is 2.19 bits per heavy atom. The summed E-state index contributed by atoms with van der Waals surface area (Å²) < 4.78 is 35.0. The summed E-state index contributed by atoms with van der Waals surface area (Å²) >= 11 is 0. The molecule has 15 nitrogen and oxygen atoms in total. The Kier molecular flexibility index (Phi) is 13.1. The number of fused-ring (bicyclic) bond motifs is 5. The molecule has 0 unspecified atom stereocenters. The van der Waals surface area contributed by atoms with Crippen molar-refractivity contribution >= 4 is 17.9 Å². The van der Waals surface area contributed by atoms with E-state index in [0.717, 1.165) is 51.4 Å². The van der Waals surface area contributed by atoms with Gasteiger partial charge in [-0.1, -0.05) is 32.9 Å². The first kappa shape index (κ1) is 43.9. The van der Waals surface area contributed by atoms with Crippen LogP contribution in [0.3, 0.4) is 0 Å². The third kappa shape index (κ3) is 8.13. The minimum absolute atomic E-state index is 0.0140. The van der Waals surface area contributed by atoms with Gasteiger partial charge in [-0.05, 0) is 117 Å². The van der Waals surface area contributed by atoms with Gasteiger partial charge in [0.2, 0.25) is 0 Å². The average Bonchev–Trinajstić information content (AvgIpc) is 3.74. The standard InChI is InChI=1S/C43H66O15/c1-20(6-7-24-16-21(24)2)28-10-11-30-27-9-8-25-17-26(12-14-42(25,5)29(27)13-15-43(28,30)41(51)52)55-40-38(54-23(4)46)37(34(48)31(18-44)56-40)58-39-36(50)35(49)33(47)32(57-39)19-53-22(3)45/h6-7,20-21,24-40,44,47-50H,8-19H2,1-5H3,(H,51,52)/b7-6+/t20-,21+,24+,25+,26+,27-,28-,29+,30+,31-,32-,33-,34+,35+,36-,37+,38-,39+,40-,42+,43+/m1/s1. The predicted molar refractivity (Wildman–Crippen MR) is 203 cm³/mol. The molecule has 0 aromatic rings. The molecule has 2 saturated heterocycles. The number of carboxylic acid groups (broad SMARTS) is 1. The number of allylic oxidation sites excluding steroid dienone is 2. The first-order chi connectivity index (χ1) is 27.5. The molecule has 7 aliphatic rings. The van der Waals surface area contributed by atoms with E-state index >= 15 is 0 Å². The van der Waals surface area contributed by atoms with Gasteiger partial charge in [0.05, 0.1) is 18.1 Å². The summed E-state index contributed by atoms with van der Waals surface area (Å²) in [4.78, 5) is 37.3. The Morgan fingerprint density at radius 2 is 1.53 bits per heavy atom. The Balaban J connectivity index is 1.04. The Labute approximate surface area is 340 Å². The van der Waals surface area contributed by atoms with E-state index in [-0.39, 0.29) is 29.3 Å². The van der Waals surface area contributed by atoms with E-state index in [2.05, 4.69) is 32.9 Å². The topological polar surface area (TPSA) is 228 Å². The number of esters is 2. The van der Waals surface area contributed by atoms with Crippen LogP contribution in [-0.4, -0.2) is 129 Å². The quantitative estimate of drug-likeness (QED) is 0.0945. The highest BCUT2D eigenvalue weighted by Crippen LogP contribution is 2.68. The minimum atomic E-state index is -1.82. The third-order valence-corrected chi connectivity index (χ3v) is 15.9. The van der Waals surface area contributed by atoms with Crippen molar-refractivity contribution in [1.82, 2.24) is 0 Å². The maximum Gasteiger partial charge on any atom is 0.310 e. The lowest BCUT2D eigenvalue weighted by molar-refractivity contribution is -0.365. The summed E-state index contributed by atoms with van der Waals surface area (Å²) in [5.41, 5.74) is -0.709. The first-order valence-corrected chi connectivity index (χ1v) is 21.7.